The minimum Gasteiger partial charge on any atom is -0.0831 e. The zero-order chi connectivity index (χ0) is 10.2. The van der Waals surface area contributed by atoms with E-state index >= 15 is 0 Å². The van der Waals surface area contributed by atoms with Crippen LogP contribution >= 0.6 is 27.5 Å². The fourth-order valence-corrected chi connectivity index (χ4v) is 2.02. The summed E-state index contributed by atoms with van der Waals surface area (Å²) in [5.74, 6) is 0. The molecule has 0 nitrogen and oxygen atoms in total. The quantitative estimate of drug-likeness (QED) is 0.634. The van der Waals surface area contributed by atoms with Crippen molar-refractivity contribution < 1.29 is 0 Å². The third-order valence-corrected chi connectivity index (χ3v) is 3.27. The monoisotopic (exact) mass is 260 g/mol. The van der Waals surface area contributed by atoms with Crippen molar-refractivity contribution in [3.8, 4) is 0 Å². The van der Waals surface area contributed by atoms with Gasteiger partial charge in [-0.25, -0.2) is 0 Å². The zero-order valence-corrected chi connectivity index (χ0v) is 10.8. The maximum absolute atomic E-state index is 5.99. The molecule has 0 unspecified atom stereocenters. The summed E-state index contributed by atoms with van der Waals surface area (Å²) in [6.45, 7) is 8.71. The Morgan fingerprint density at radius 3 is 2.23 bits per heavy atom. The summed E-state index contributed by atoms with van der Waals surface area (Å²) in [6.07, 6.45) is 0. The van der Waals surface area contributed by atoms with Crippen molar-refractivity contribution in [2.75, 3.05) is 0 Å². The molecule has 0 amide bonds. The number of benzene rings is 1. The molecular weight excluding hydrogens is 247 g/mol. The van der Waals surface area contributed by atoms with Crippen molar-refractivity contribution in [3.05, 3.63) is 32.8 Å². The lowest BCUT2D eigenvalue weighted by molar-refractivity contribution is 0.586. The SMILES string of the molecule is Cc1cc(Cl)c(Br)cc1C(C)(C)C. The van der Waals surface area contributed by atoms with Gasteiger partial charge < -0.3 is 0 Å². The minimum absolute atomic E-state index is 0.178. The number of hydrogen-bond acceptors (Lipinski definition) is 0. The van der Waals surface area contributed by atoms with Crippen LogP contribution in [-0.4, -0.2) is 0 Å². The van der Waals surface area contributed by atoms with Crippen molar-refractivity contribution >= 4 is 27.5 Å². The summed E-state index contributed by atoms with van der Waals surface area (Å²) < 4.78 is 0.977. The van der Waals surface area contributed by atoms with Gasteiger partial charge in [0.15, 0.2) is 0 Å². The van der Waals surface area contributed by atoms with Gasteiger partial charge in [-0.3, -0.25) is 0 Å². The Bertz CT molecular complexity index is 324. The van der Waals surface area contributed by atoms with Crippen molar-refractivity contribution in [3.63, 3.8) is 0 Å². The lowest BCUT2D eigenvalue weighted by Gasteiger charge is -2.22. The molecule has 0 aromatic heterocycles. The van der Waals surface area contributed by atoms with Gasteiger partial charge in [0.2, 0.25) is 0 Å². The van der Waals surface area contributed by atoms with Crippen molar-refractivity contribution in [1.29, 1.82) is 0 Å². The summed E-state index contributed by atoms with van der Waals surface area (Å²) in [4.78, 5) is 0. The van der Waals surface area contributed by atoms with E-state index in [1.165, 1.54) is 11.1 Å². The van der Waals surface area contributed by atoms with E-state index in [1.807, 2.05) is 6.07 Å². The topological polar surface area (TPSA) is 0 Å². The first kappa shape index (κ1) is 11.1. The second kappa shape index (κ2) is 3.62. The summed E-state index contributed by atoms with van der Waals surface area (Å²) in [7, 11) is 0. The second-order valence-corrected chi connectivity index (χ2v) is 5.59. The van der Waals surface area contributed by atoms with Gasteiger partial charge in [0.25, 0.3) is 0 Å². The standard InChI is InChI=1S/C11H14BrCl/c1-7-5-10(13)9(12)6-8(7)11(2,3)4/h5-6H,1-4H3. The maximum Gasteiger partial charge on any atom is 0.0550 e. The molecule has 1 rings (SSSR count). The van der Waals surface area contributed by atoms with E-state index in [0.29, 0.717) is 0 Å². The van der Waals surface area contributed by atoms with Crippen LogP contribution in [0.3, 0.4) is 0 Å². The minimum atomic E-state index is 0.178. The second-order valence-electron chi connectivity index (χ2n) is 4.33. The predicted molar refractivity (Wildman–Crippen MR) is 62.6 cm³/mol. The Kier molecular flexibility index (Phi) is 3.09. The molecule has 0 spiro atoms. The van der Waals surface area contributed by atoms with Gasteiger partial charge in [-0.15, -0.1) is 0 Å². The average molecular weight is 262 g/mol. The van der Waals surface area contributed by atoms with Crippen LogP contribution in [-0.2, 0) is 5.41 Å². The molecule has 1 aromatic rings. The van der Waals surface area contributed by atoms with Crippen molar-refractivity contribution in [2.24, 2.45) is 0 Å². The van der Waals surface area contributed by atoms with Crippen molar-refractivity contribution in [1.82, 2.24) is 0 Å². The van der Waals surface area contributed by atoms with E-state index < -0.39 is 0 Å². The molecule has 0 radical (unpaired) electrons. The summed E-state index contributed by atoms with van der Waals surface area (Å²) in [6, 6.07) is 4.11. The van der Waals surface area contributed by atoms with Gasteiger partial charge in [-0.1, -0.05) is 32.4 Å². The van der Waals surface area contributed by atoms with Gasteiger partial charge in [0.05, 0.1) is 5.02 Å². The predicted octanol–water partition coefficient (Wildman–Crippen LogP) is 4.71. The van der Waals surface area contributed by atoms with Gasteiger partial charge in [-0.2, -0.15) is 0 Å². The molecule has 0 aliphatic rings. The number of rotatable bonds is 0. The molecule has 72 valence electrons. The third kappa shape index (κ3) is 2.47. The molecule has 0 atom stereocenters. The molecule has 0 aliphatic carbocycles. The highest BCUT2D eigenvalue weighted by atomic mass is 79.9. The molecule has 0 N–H and O–H groups in total. The van der Waals surface area contributed by atoms with Crippen molar-refractivity contribution in [2.45, 2.75) is 33.1 Å². The van der Waals surface area contributed by atoms with Crippen LogP contribution < -0.4 is 0 Å². The van der Waals surface area contributed by atoms with Crippen LogP contribution in [0, 0.1) is 6.92 Å². The Labute approximate surface area is 93.4 Å². The summed E-state index contributed by atoms with van der Waals surface area (Å²) in [5, 5.41) is 0.783. The normalized spacial score (nSPS) is 11.8. The van der Waals surface area contributed by atoms with E-state index in [4.69, 9.17) is 11.6 Å². The highest BCUT2D eigenvalue weighted by Crippen LogP contribution is 2.32. The van der Waals surface area contributed by atoms with Gasteiger partial charge >= 0.3 is 0 Å². The molecule has 0 fully saturated rings. The molecule has 0 aliphatic heterocycles. The van der Waals surface area contributed by atoms with Crippen LogP contribution in [0.15, 0.2) is 16.6 Å². The Morgan fingerprint density at radius 1 is 1.23 bits per heavy atom. The highest BCUT2D eigenvalue weighted by molar-refractivity contribution is 9.10. The number of aryl methyl sites for hydroxylation is 1. The van der Waals surface area contributed by atoms with E-state index in [1.54, 1.807) is 0 Å². The van der Waals surface area contributed by atoms with Gasteiger partial charge in [0.1, 0.15) is 0 Å². The Balaban J connectivity index is 3.32. The smallest absolute Gasteiger partial charge is 0.0550 e. The molecular formula is C11H14BrCl. The van der Waals surface area contributed by atoms with E-state index in [9.17, 15) is 0 Å². The van der Waals surface area contributed by atoms with Crippen LogP contribution in [0.2, 0.25) is 5.02 Å². The van der Waals surface area contributed by atoms with Crippen LogP contribution in [0.25, 0.3) is 0 Å². The molecule has 0 heterocycles. The molecule has 0 bridgehead atoms. The molecule has 2 heteroatoms. The third-order valence-electron chi connectivity index (χ3n) is 2.08. The first-order valence-corrected chi connectivity index (χ1v) is 5.45. The highest BCUT2D eigenvalue weighted by Gasteiger charge is 2.17. The number of hydrogen-bond donors (Lipinski definition) is 0. The van der Waals surface area contributed by atoms with E-state index in [-0.39, 0.29) is 5.41 Å². The van der Waals surface area contributed by atoms with E-state index in [0.717, 1.165) is 9.50 Å². The maximum atomic E-state index is 5.99. The summed E-state index contributed by atoms with van der Waals surface area (Å²) >= 11 is 9.43. The van der Waals surface area contributed by atoms with Crippen LogP contribution in [0.1, 0.15) is 31.9 Å². The first-order chi connectivity index (χ1) is 5.82. The molecule has 13 heavy (non-hydrogen) atoms. The number of halogens is 2. The zero-order valence-electron chi connectivity index (χ0n) is 8.41. The van der Waals surface area contributed by atoms with Gasteiger partial charge in [-0.05, 0) is 51.5 Å². The lowest BCUT2D eigenvalue weighted by Crippen LogP contribution is -2.12. The molecule has 0 saturated carbocycles. The fraction of sp³-hybridized carbons (Fsp3) is 0.455. The first-order valence-electron chi connectivity index (χ1n) is 4.28. The molecule has 0 saturated heterocycles. The van der Waals surface area contributed by atoms with Gasteiger partial charge in [0, 0.05) is 4.47 Å². The lowest BCUT2D eigenvalue weighted by atomic mass is 9.84. The summed E-state index contributed by atoms with van der Waals surface area (Å²) in [5.41, 5.74) is 2.77. The average Bonchev–Trinajstić information content (AvgIpc) is 1.94. The van der Waals surface area contributed by atoms with Crippen LogP contribution in [0.4, 0.5) is 0 Å². The van der Waals surface area contributed by atoms with E-state index in [2.05, 4.69) is 49.7 Å². The fourth-order valence-electron chi connectivity index (χ4n) is 1.45. The van der Waals surface area contributed by atoms with Crippen LogP contribution in [0.5, 0.6) is 0 Å². The Hall–Kier alpha value is -0.0100. The largest absolute Gasteiger partial charge is 0.0831 e. The Morgan fingerprint density at radius 2 is 1.77 bits per heavy atom. The molecule has 1 aromatic carbocycles.